The van der Waals surface area contributed by atoms with Gasteiger partial charge in [0.15, 0.2) is 0 Å². The van der Waals surface area contributed by atoms with E-state index in [9.17, 15) is 14.7 Å². The number of nitrogens with zero attached hydrogens (tertiary/aromatic N) is 1. The predicted molar refractivity (Wildman–Crippen MR) is 64.6 cm³/mol. The molecule has 6 heteroatoms. The number of hydrogen-bond donors (Lipinski definition) is 3. The van der Waals surface area contributed by atoms with E-state index in [1.807, 2.05) is 30.3 Å². The molecule has 2 rings (SSSR count). The van der Waals surface area contributed by atoms with Crippen molar-refractivity contribution < 1.29 is 14.7 Å². The number of hydrogen-bond acceptors (Lipinski definition) is 4. The summed E-state index contributed by atoms with van der Waals surface area (Å²) in [5, 5.41) is 14.1. The van der Waals surface area contributed by atoms with E-state index in [0.717, 1.165) is 5.56 Å². The molecule has 1 heterocycles. The molecule has 1 fully saturated rings. The topological polar surface area (TPSA) is 90.8 Å². The van der Waals surface area contributed by atoms with Crippen molar-refractivity contribution in [3.8, 4) is 0 Å². The first-order valence-corrected chi connectivity index (χ1v) is 5.44. The molecule has 1 aliphatic heterocycles. The van der Waals surface area contributed by atoms with E-state index < -0.39 is 17.4 Å². The van der Waals surface area contributed by atoms with Crippen LogP contribution in [0.5, 0.6) is 0 Å². The minimum absolute atomic E-state index is 0.0606. The van der Waals surface area contributed by atoms with Crippen molar-refractivity contribution in [2.75, 3.05) is 6.61 Å². The first-order chi connectivity index (χ1) is 8.55. The van der Waals surface area contributed by atoms with E-state index in [-0.39, 0.29) is 12.6 Å². The minimum atomic E-state index is -0.915. The Hall–Kier alpha value is -2.21. The summed E-state index contributed by atoms with van der Waals surface area (Å²) in [4.78, 5) is 26.3. The Balaban J connectivity index is 2.32. The fourth-order valence-corrected chi connectivity index (χ4v) is 1.65. The molecule has 6 nitrogen and oxygen atoms in total. The Bertz CT molecular complexity index is 495. The van der Waals surface area contributed by atoms with Crippen LogP contribution in [-0.4, -0.2) is 29.5 Å². The Morgan fingerprint density at radius 2 is 1.72 bits per heavy atom. The SMILES string of the molecule is CC(CO)(N=C1NC(=O)C(=O)N1)c1ccccc1. The molecule has 0 spiro atoms. The third-order valence-corrected chi connectivity index (χ3v) is 2.73. The number of nitrogens with one attached hydrogen (secondary N) is 2. The summed E-state index contributed by atoms with van der Waals surface area (Å²) in [6, 6.07) is 9.15. The second kappa shape index (κ2) is 4.58. The molecule has 0 aliphatic carbocycles. The maximum atomic E-state index is 11.0. The van der Waals surface area contributed by atoms with Crippen LogP contribution < -0.4 is 10.6 Å². The van der Waals surface area contributed by atoms with Crippen LogP contribution in [0.2, 0.25) is 0 Å². The van der Waals surface area contributed by atoms with Crippen LogP contribution in [0, 0.1) is 0 Å². The average Bonchev–Trinajstić information content (AvgIpc) is 2.69. The van der Waals surface area contributed by atoms with E-state index in [1.54, 1.807) is 6.92 Å². The quantitative estimate of drug-likeness (QED) is 0.629. The first-order valence-electron chi connectivity index (χ1n) is 5.44. The lowest BCUT2D eigenvalue weighted by Gasteiger charge is -2.23. The molecule has 1 aliphatic rings. The van der Waals surface area contributed by atoms with E-state index in [4.69, 9.17) is 0 Å². The van der Waals surface area contributed by atoms with Crippen LogP contribution in [0.15, 0.2) is 35.3 Å². The standard InChI is InChI=1S/C12H13N3O3/c1-12(7-16,8-5-3-2-4-6-8)15-11-13-9(17)10(18)14-11/h2-6,16H,7H2,1H3,(H2,13,14,15,17,18). The number of guanidine groups is 1. The lowest BCUT2D eigenvalue weighted by atomic mass is 9.94. The van der Waals surface area contributed by atoms with Gasteiger partial charge in [-0.15, -0.1) is 0 Å². The second-order valence-corrected chi connectivity index (χ2v) is 4.17. The van der Waals surface area contributed by atoms with Gasteiger partial charge in [0.05, 0.1) is 6.61 Å². The molecule has 1 aromatic carbocycles. The third-order valence-electron chi connectivity index (χ3n) is 2.73. The Morgan fingerprint density at radius 3 is 2.22 bits per heavy atom. The zero-order valence-corrected chi connectivity index (χ0v) is 9.80. The highest BCUT2D eigenvalue weighted by atomic mass is 16.3. The highest BCUT2D eigenvalue weighted by molar-refractivity contribution is 6.45. The van der Waals surface area contributed by atoms with Gasteiger partial charge in [-0.25, -0.2) is 4.99 Å². The lowest BCUT2D eigenvalue weighted by molar-refractivity contribution is -0.135. The summed E-state index contributed by atoms with van der Waals surface area (Å²) in [6.07, 6.45) is 0. The number of aliphatic imine (C=N–C) groups is 1. The highest BCUT2D eigenvalue weighted by Gasteiger charge is 2.31. The molecule has 1 aromatic rings. The number of aliphatic hydroxyl groups is 1. The van der Waals surface area contributed by atoms with E-state index >= 15 is 0 Å². The number of rotatable bonds is 3. The molecule has 1 unspecified atom stereocenters. The minimum Gasteiger partial charge on any atom is -0.393 e. The first kappa shape index (κ1) is 12.3. The second-order valence-electron chi connectivity index (χ2n) is 4.17. The van der Waals surface area contributed by atoms with Crippen molar-refractivity contribution in [2.45, 2.75) is 12.5 Å². The summed E-state index contributed by atoms with van der Waals surface area (Å²) < 4.78 is 0. The Kier molecular flexibility index (Phi) is 3.12. The Labute approximate surface area is 104 Å². The molecule has 94 valence electrons. The van der Waals surface area contributed by atoms with Crippen LogP contribution in [0.25, 0.3) is 0 Å². The molecule has 2 amide bonds. The smallest absolute Gasteiger partial charge is 0.316 e. The van der Waals surface area contributed by atoms with E-state index in [1.165, 1.54) is 0 Å². The van der Waals surface area contributed by atoms with Gasteiger partial charge in [-0.2, -0.15) is 0 Å². The van der Waals surface area contributed by atoms with Crippen LogP contribution >= 0.6 is 0 Å². The fourth-order valence-electron chi connectivity index (χ4n) is 1.65. The zero-order chi connectivity index (χ0) is 13.2. The van der Waals surface area contributed by atoms with Gasteiger partial charge in [-0.05, 0) is 12.5 Å². The Morgan fingerprint density at radius 1 is 1.17 bits per heavy atom. The van der Waals surface area contributed by atoms with Crippen LogP contribution in [0.3, 0.4) is 0 Å². The van der Waals surface area contributed by atoms with Gasteiger partial charge in [-0.3, -0.25) is 20.2 Å². The number of aliphatic hydroxyl groups excluding tert-OH is 1. The summed E-state index contributed by atoms with van der Waals surface area (Å²) in [5.74, 6) is -1.44. The summed E-state index contributed by atoms with van der Waals surface area (Å²) >= 11 is 0. The largest absolute Gasteiger partial charge is 0.393 e. The molecule has 0 aromatic heterocycles. The number of amides is 2. The summed E-state index contributed by atoms with van der Waals surface area (Å²) in [7, 11) is 0. The summed E-state index contributed by atoms with van der Waals surface area (Å²) in [6.45, 7) is 1.47. The maximum Gasteiger partial charge on any atom is 0.316 e. The normalized spacial score (nSPS) is 18.0. The van der Waals surface area contributed by atoms with Crippen LogP contribution in [0.1, 0.15) is 12.5 Å². The number of carbonyl (C=O) groups excluding carboxylic acids is 2. The fraction of sp³-hybridized carbons (Fsp3) is 0.250. The third kappa shape index (κ3) is 2.23. The van der Waals surface area contributed by atoms with Gasteiger partial charge in [0.1, 0.15) is 5.54 Å². The average molecular weight is 247 g/mol. The van der Waals surface area contributed by atoms with Gasteiger partial charge in [-0.1, -0.05) is 30.3 Å². The summed E-state index contributed by atoms with van der Waals surface area (Å²) in [5.41, 5.74) is -0.128. The van der Waals surface area contributed by atoms with Gasteiger partial charge in [0.2, 0.25) is 5.96 Å². The molecule has 18 heavy (non-hydrogen) atoms. The molecular weight excluding hydrogens is 234 g/mol. The van der Waals surface area contributed by atoms with E-state index in [2.05, 4.69) is 15.6 Å². The molecule has 1 atom stereocenters. The maximum absolute atomic E-state index is 11.0. The van der Waals surface area contributed by atoms with Crippen molar-refractivity contribution in [3.05, 3.63) is 35.9 Å². The van der Waals surface area contributed by atoms with Gasteiger partial charge >= 0.3 is 11.8 Å². The molecular formula is C12H13N3O3. The molecule has 1 saturated heterocycles. The van der Waals surface area contributed by atoms with Crippen molar-refractivity contribution in [3.63, 3.8) is 0 Å². The van der Waals surface area contributed by atoms with Gasteiger partial charge in [0, 0.05) is 0 Å². The number of benzene rings is 1. The monoisotopic (exact) mass is 247 g/mol. The number of carbonyl (C=O) groups is 2. The highest BCUT2D eigenvalue weighted by Crippen LogP contribution is 2.24. The van der Waals surface area contributed by atoms with E-state index in [0.29, 0.717) is 0 Å². The zero-order valence-electron chi connectivity index (χ0n) is 9.80. The van der Waals surface area contributed by atoms with Crippen molar-refractivity contribution in [1.82, 2.24) is 10.6 Å². The van der Waals surface area contributed by atoms with Gasteiger partial charge < -0.3 is 5.11 Å². The molecule has 3 N–H and O–H groups in total. The van der Waals surface area contributed by atoms with Crippen molar-refractivity contribution >= 4 is 17.8 Å². The van der Waals surface area contributed by atoms with Crippen molar-refractivity contribution in [1.29, 1.82) is 0 Å². The van der Waals surface area contributed by atoms with Crippen molar-refractivity contribution in [2.24, 2.45) is 4.99 Å². The molecule has 0 saturated carbocycles. The molecule has 0 bridgehead atoms. The van der Waals surface area contributed by atoms with Gasteiger partial charge in [0.25, 0.3) is 0 Å². The van der Waals surface area contributed by atoms with Crippen LogP contribution in [-0.2, 0) is 15.1 Å². The molecule has 0 radical (unpaired) electrons. The lowest BCUT2D eigenvalue weighted by Crippen LogP contribution is -2.33. The predicted octanol–water partition coefficient (Wildman–Crippen LogP) is -0.504. The van der Waals surface area contributed by atoms with Crippen LogP contribution in [0.4, 0.5) is 0 Å².